The van der Waals surface area contributed by atoms with Crippen LogP contribution in [0.1, 0.15) is 70.7 Å². The van der Waals surface area contributed by atoms with Gasteiger partial charge in [0.1, 0.15) is 23.9 Å². The van der Waals surface area contributed by atoms with Gasteiger partial charge in [-0.15, -0.1) is 0 Å². The first-order chi connectivity index (χ1) is 32.9. The van der Waals surface area contributed by atoms with Crippen molar-refractivity contribution in [2.75, 3.05) is 61.0 Å². The molecule has 0 aliphatic carbocycles. The number of hydrazine groups is 1. The number of methoxy groups -OCH3 is 1. The fourth-order valence-corrected chi connectivity index (χ4v) is 10.0. The number of phenols is 1. The summed E-state index contributed by atoms with van der Waals surface area (Å²) in [5.74, 6) is 2.49. The minimum atomic E-state index is -1.17. The molecule has 2 aromatic heterocycles. The molecule has 4 atom stereocenters. The number of amides is 4. The smallest absolute Gasteiger partial charge is 0.324 e. The zero-order chi connectivity index (χ0) is 49.7. The Kier molecular flexibility index (Phi) is 15.8. The van der Waals surface area contributed by atoms with Gasteiger partial charge in [-0.25, -0.2) is 5.43 Å². The molecule has 3 aliphatic heterocycles. The first-order valence-corrected chi connectivity index (χ1v) is 24.0. The maximum atomic E-state index is 14.8. The summed E-state index contributed by atoms with van der Waals surface area (Å²) < 4.78 is 14.0. The highest BCUT2D eigenvalue weighted by atomic mass is 16.5. The lowest BCUT2D eigenvalue weighted by Gasteiger charge is -2.37. The Morgan fingerprint density at radius 3 is 2.57 bits per heavy atom. The third kappa shape index (κ3) is 11.4. The number of rotatable bonds is 10. The number of hydrogen-bond donors (Lipinski definition) is 3. The van der Waals surface area contributed by atoms with Crippen LogP contribution in [0.3, 0.4) is 0 Å². The largest absolute Gasteiger partial charge is 0.508 e. The molecular weight excluding hydrogens is 877 g/mol. The Bertz CT molecular complexity index is 2650. The fraction of sp³-hybridized carbons (Fsp3) is 0.509. The molecule has 69 heavy (non-hydrogen) atoms. The number of likely N-dealkylation sites (N-methyl/N-ethyl adjacent to an activating group) is 1. The lowest BCUT2D eigenvalue weighted by atomic mass is 9.84. The van der Waals surface area contributed by atoms with Crippen LogP contribution < -0.4 is 10.7 Å². The minimum Gasteiger partial charge on any atom is -0.508 e. The molecule has 2 fully saturated rings. The summed E-state index contributed by atoms with van der Waals surface area (Å²) >= 11 is 0. The van der Waals surface area contributed by atoms with Crippen molar-refractivity contribution in [1.29, 1.82) is 0 Å². The lowest BCUT2D eigenvalue weighted by molar-refractivity contribution is -0.155. The van der Waals surface area contributed by atoms with E-state index in [0.717, 1.165) is 39.0 Å². The van der Waals surface area contributed by atoms with Gasteiger partial charge in [-0.1, -0.05) is 45.7 Å². The Morgan fingerprint density at radius 1 is 1.06 bits per heavy atom. The van der Waals surface area contributed by atoms with Gasteiger partial charge in [0.05, 0.1) is 37.1 Å². The molecule has 0 unspecified atom stereocenters. The van der Waals surface area contributed by atoms with Crippen LogP contribution >= 0.6 is 0 Å². The fourth-order valence-electron chi connectivity index (χ4n) is 10.0. The number of likely N-dealkylation sites (tertiary alicyclic amines) is 1. The zero-order valence-corrected chi connectivity index (χ0v) is 41.6. The number of fused-ring (bicyclic) bond motifs is 6. The van der Waals surface area contributed by atoms with Crippen LogP contribution in [0.25, 0.3) is 33.3 Å². The first kappa shape index (κ1) is 50.6. The van der Waals surface area contributed by atoms with Crippen LogP contribution in [-0.2, 0) is 59.4 Å². The zero-order valence-electron chi connectivity index (χ0n) is 41.6. The number of aromatic nitrogens is 2. The number of cyclic esters (lactones) is 1. The quantitative estimate of drug-likeness (QED) is 0.147. The number of carbonyl (C=O) groups excluding carboxylic acids is 5. The molecule has 0 saturated carbocycles. The van der Waals surface area contributed by atoms with Gasteiger partial charge in [0.15, 0.2) is 0 Å². The van der Waals surface area contributed by atoms with Crippen LogP contribution in [0.4, 0.5) is 0 Å². The normalized spacial score (nSPS) is 20.0. The molecule has 7 rings (SSSR count). The van der Waals surface area contributed by atoms with Crippen molar-refractivity contribution >= 4 is 40.5 Å². The number of aryl methyl sites for hydroxylation is 1. The Morgan fingerprint density at radius 2 is 1.84 bits per heavy atom. The second kappa shape index (κ2) is 21.6. The molecule has 4 amide bonds. The SMILES string of the molecule is CCn1c(-c2cccnc2COC)c2c3cc(ccc31)-c1cc(O)cc(c1)C[C@H](NC(=O)[C@H](C(C)C)N(C)C(=O)[C@H]1CCN(C(=O)C#CCN(C)C)C1)C(=O)N1CCC[C@H](N1)C(=O)OCC(C)(C)C2. The monoisotopic (exact) mass is 945 g/mol. The molecule has 4 aromatic rings. The minimum absolute atomic E-state index is 0.0145. The summed E-state index contributed by atoms with van der Waals surface area (Å²) in [6.07, 6.45) is 3.66. The molecule has 3 N–H and O–H groups in total. The summed E-state index contributed by atoms with van der Waals surface area (Å²) in [4.78, 5) is 79.8. The average Bonchev–Trinajstić information content (AvgIpc) is 3.93. The van der Waals surface area contributed by atoms with Gasteiger partial charge in [0.2, 0.25) is 11.8 Å². The van der Waals surface area contributed by atoms with E-state index in [1.54, 1.807) is 37.4 Å². The van der Waals surface area contributed by atoms with E-state index in [1.165, 1.54) is 9.91 Å². The lowest BCUT2D eigenvalue weighted by Crippen LogP contribution is -2.62. The molecular formula is C53H68N8O8. The Hall–Kier alpha value is -6.28. The predicted molar refractivity (Wildman–Crippen MR) is 263 cm³/mol. The van der Waals surface area contributed by atoms with Crippen LogP contribution in [0.2, 0.25) is 0 Å². The van der Waals surface area contributed by atoms with Gasteiger partial charge in [-0.2, -0.15) is 0 Å². The molecule has 3 aliphatic rings. The van der Waals surface area contributed by atoms with Crippen molar-refractivity contribution in [2.24, 2.45) is 17.3 Å². The summed E-state index contributed by atoms with van der Waals surface area (Å²) in [7, 11) is 6.96. The van der Waals surface area contributed by atoms with Gasteiger partial charge < -0.3 is 34.3 Å². The van der Waals surface area contributed by atoms with E-state index in [4.69, 9.17) is 14.5 Å². The number of nitrogens with zero attached hydrogens (tertiary/aromatic N) is 6. The van der Waals surface area contributed by atoms with Crippen LogP contribution in [-0.4, -0.2) is 143 Å². The van der Waals surface area contributed by atoms with Crippen molar-refractivity contribution in [2.45, 2.75) is 98.0 Å². The van der Waals surface area contributed by atoms with E-state index < -0.39 is 47.2 Å². The number of aromatic hydroxyl groups is 1. The van der Waals surface area contributed by atoms with Crippen molar-refractivity contribution < 1.29 is 38.6 Å². The molecule has 2 aromatic carbocycles. The van der Waals surface area contributed by atoms with E-state index in [0.29, 0.717) is 63.1 Å². The molecule has 5 heterocycles. The summed E-state index contributed by atoms with van der Waals surface area (Å²) in [6, 6.07) is 12.5. The van der Waals surface area contributed by atoms with Crippen LogP contribution in [0.15, 0.2) is 54.7 Å². The highest BCUT2D eigenvalue weighted by Gasteiger charge is 2.40. The predicted octanol–water partition coefficient (Wildman–Crippen LogP) is 4.79. The number of benzene rings is 2. The van der Waals surface area contributed by atoms with Crippen molar-refractivity contribution in [1.82, 2.24) is 40.0 Å². The van der Waals surface area contributed by atoms with Crippen LogP contribution in [0, 0.1) is 29.1 Å². The number of phenolic OH excluding ortho intramolecular Hbond substituents is 1. The van der Waals surface area contributed by atoms with Gasteiger partial charge in [-0.05, 0) is 117 Å². The number of carbonyl (C=O) groups is 5. The van der Waals surface area contributed by atoms with Gasteiger partial charge >= 0.3 is 5.97 Å². The highest BCUT2D eigenvalue weighted by molar-refractivity contribution is 5.97. The van der Waals surface area contributed by atoms with Crippen molar-refractivity contribution in [3.63, 3.8) is 0 Å². The molecule has 2 saturated heterocycles. The Labute approximate surface area is 405 Å². The molecule has 0 spiro atoms. The third-order valence-corrected chi connectivity index (χ3v) is 13.4. The second-order valence-electron chi connectivity index (χ2n) is 20.1. The second-order valence-corrected chi connectivity index (χ2v) is 20.1. The molecule has 6 bridgehead atoms. The van der Waals surface area contributed by atoms with E-state index >= 15 is 0 Å². The summed E-state index contributed by atoms with van der Waals surface area (Å²) in [5.41, 5.74) is 9.52. The van der Waals surface area contributed by atoms with E-state index in [1.807, 2.05) is 51.0 Å². The number of hydrogen-bond acceptors (Lipinski definition) is 11. The molecule has 368 valence electrons. The Balaban J connectivity index is 1.26. The number of ether oxygens (including phenoxy) is 2. The summed E-state index contributed by atoms with van der Waals surface area (Å²) in [5, 5.41) is 16.7. The van der Waals surface area contributed by atoms with Crippen molar-refractivity contribution in [3.8, 4) is 40.0 Å². The van der Waals surface area contributed by atoms with Crippen LogP contribution in [0.5, 0.6) is 5.75 Å². The highest BCUT2D eigenvalue weighted by Crippen LogP contribution is 2.41. The third-order valence-electron chi connectivity index (χ3n) is 13.4. The standard InChI is InChI=1S/C53H68N8O8/c1-10-60-45-18-17-35-28-40(45)41(48(60)39-14-11-20-54-44(39)31-68-9)29-53(4,5)32-69-52(67)42-15-12-22-61(56-42)51(66)43(26-34-24-37(35)27-38(62)25-34)55-49(64)47(33(2)3)58(8)50(65)36-19-23-59(30-36)46(63)16-13-21-57(6)7/h11,14,17-18,20,24-25,27-28,33,36,42-43,47,56,62H,10,12,15,19,21-23,26,29-32H2,1-9H3,(H,55,64)/t36-,42-,43-,47-/m0/s1. The van der Waals surface area contributed by atoms with Gasteiger partial charge in [0.25, 0.3) is 11.8 Å². The van der Waals surface area contributed by atoms with Gasteiger partial charge in [-0.3, -0.25) is 38.9 Å². The maximum absolute atomic E-state index is 14.8. The number of esters is 1. The number of pyridine rings is 1. The molecule has 0 radical (unpaired) electrons. The average molecular weight is 945 g/mol. The summed E-state index contributed by atoms with van der Waals surface area (Å²) in [6.45, 7) is 12.3. The van der Waals surface area contributed by atoms with Crippen molar-refractivity contribution in [3.05, 3.63) is 71.5 Å². The van der Waals surface area contributed by atoms with Gasteiger partial charge in [0, 0.05) is 74.8 Å². The van der Waals surface area contributed by atoms with E-state index in [-0.39, 0.29) is 49.6 Å². The van der Waals surface area contributed by atoms with E-state index in [9.17, 15) is 29.1 Å². The maximum Gasteiger partial charge on any atom is 0.324 e. The number of nitrogens with one attached hydrogen (secondary N) is 2. The molecule has 16 heteroatoms. The topological polar surface area (TPSA) is 179 Å². The van der Waals surface area contributed by atoms with E-state index in [2.05, 4.69) is 66.1 Å². The first-order valence-electron chi connectivity index (χ1n) is 24.0. The molecule has 16 nitrogen and oxygen atoms in total.